The summed E-state index contributed by atoms with van der Waals surface area (Å²) in [4.78, 5) is 2.22. The maximum Gasteiger partial charge on any atom is 0.201 e. The van der Waals surface area contributed by atoms with Gasteiger partial charge in [0.05, 0.1) is 6.54 Å². The van der Waals surface area contributed by atoms with Crippen LogP contribution < -0.4 is 4.80 Å². The van der Waals surface area contributed by atoms with Crippen molar-refractivity contribution in [2.45, 2.75) is 64.5 Å². The van der Waals surface area contributed by atoms with Crippen molar-refractivity contribution < 1.29 is 4.80 Å². The molecule has 3 rings (SSSR count). The van der Waals surface area contributed by atoms with E-state index in [9.17, 15) is 0 Å². The van der Waals surface area contributed by atoms with Crippen molar-refractivity contribution in [1.82, 2.24) is 9.78 Å². The number of aromatic nitrogens is 3. The molecule has 2 aliphatic rings. The van der Waals surface area contributed by atoms with Crippen LogP contribution in [-0.2, 0) is 25.9 Å². The van der Waals surface area contributed by atoms with Crippen molar-refractivity contribution >= 4 is 0 Å². The van der Waals surface area contributed by atoms with E-state index >= 15 is 0 Å². The van der Waals surface area contributed by atoms with Crippen molar-refractivity contribution in [1.29, 1.82) is 0 Å². The second-order valence-electron chi connectivity index (χ2n) is 4.83. The smallest absolute Gasteiger partial charge is 0.131 e. The van der Waals surface area contributed by atoms with Crippen molar-refractivity contribution in [3.8, 4) is 0 Å². The lowest BCUT2D eigenvalue weighted by Crippen LogP contribution is -2.49. The van der Waals surface area contributed by atoms with Gasteiger partial charge in [-0.2, -0.15) is 0 Å². The summed E-state index contributed by atoms with van der Waals surface area (Å²) >= 11 is 0. The van der Waals surface area contributed by atoms with Gasteiger partial charge in [0.25, 0.3) is 0 Å². The van der Waals surface area contributed by atoms with Crippen LogP contribution in [0.15, 0.2) is 0 Å². The Kier molecular flexibility index (Phi) is 2.47. The molecule has 0 atom stereocenters. The number of rotatable bonds is 0. The van der Waals surface area contributed by atoms with E-state index in [1.165, 1.54) is 63.6 Å². The molecule has 3 nitrogen and oxygen atoms in total. The second-order valence-corrected chi connectivity index (χ2v) is 4.83. The summed E-state index contributed by atoms with van der Waals surface area (Å²) in [5, 5.41) is 4.77. The number of aryl methyl sites for hydroxylation is 2. The third-order valence-corrected chi connectivity index (χ3v) is 3.71. The SMILES string of the molecule is C1CCCc2c(n[n+]3n2CCCC3)CC1. The summed E-state index contributed by atoms with van der Waals surface area (Å²) in [5.74, 6) is 0. The van der Waals surface area contributed by atoms with Gasteiger partial charge in [-0.05, 0) is 36.9 Å². The molecule has 0 N–H and O–H groups in total. The summed E-state index contributed by atoms with van der Waals surface area (Å²) in [6.45, 7) is 2.33. The van der Waals surface area contributed by atoms with Gasteiger partial charge in [0, 0.05) is 11.5 Å². The molecule has 0 unspecified atom stereocenters. The molecule has 1 aliphatic heterocycles. The Labute approximate surface area is 91.1 Å². The molecule has 0 amide bonds. The summed E-state index contributed by atoms with van der Waals surface area (Å²) in [5.41, 5.74) is 2.95. The molecule has 82 valence electrons. The molecule has 0 radical (unpaired) electrons. The Morgan fingerprint density at radius 1 is 0.933 bits per heavy atom. The average molecular weight is 206 g/mol. The third kappa shape index (κ3) is 1.68. The van der Waals surface area contributed by atoms with E-state index in [1.807, 2.05) is 0 Å². The van der Waals surface area contributed by atoms with E-state index in [0.29, 0.717) is 0 Å². The summed E-state index contributed by atoms with van der Waals surface area (Å²) in [6, 6.07) is 0. The Bertz CT molecular complexity index is 354. The Morgan fingerprint density at radius 2 is 1.80 bits per heavy atom. The summed E-state index contributed by atoms with van der Waals surface area (Å²) in [7, 11) is 0. The van der Waals surface area contributed by atoms with Gasteiger partial charge in [0.1, 0.15) is 11.4 Å². The molecule has 0 saturated carbocycles. The first-order valence-corrected chi connectivity index (χ1v) is 6.44. The quantitative estimate of drug-likeness (QED) is 0.591. The molecule has 2 heterocycles. The highest BCUT2D eigenvalue weighted by atomic mass is 15.6. The van der Waals surface area contributed by atoms with Crippen LogP contribution in [0.3, 0.4) is 0 Å². The Morgan fingerprint density at radius 3 is 2.73 bits per heavy atom. The standard InChI is InChI=1S/C12H20N3/c1-2-4-8-12-11(7-3-1)13-15-10-6-5-9-14(12)15/h1-10H2/q+1. The van der Waals surface area contributed by atoms with E-state index in [2.05, 4.69) is 9.48 Å². The summed E-state index contributed by atoms with van der Waals surface area (Å²) < 4.78 is 2.45. The fourth-order valence-electron chi connectivity index (χ4n) is 2.88. The van der Waals surface area contributed by atoms with Crippen LogP contribution in [0.2, 0.25) is 0 Å². The molecule has 1 aliphatic carbocycles. The van der Waals surface area contributed by atoms with E-state index < -0.39 is 0 Å². The first-order chi connectivity index (χ1) is 7.45. The molecule has 1 aromatic heterocycles. The van der Waals surface area contributed by atoms with Crippen LogP contribution in [0.4, 0.5) is 0 Å². The Hall–Kier alpha value is -0.860. The highest BCUT2D eigenvalue weighted by Gasteiger charge is 2.26. The third-order valence-electron chi connectivity index (χ3n) is 3.71. The molecule has 15 heavy (non-hydrogen) atoms. The topological polar surface area (TPSA) is 21.7 Å². The number of nitrogens with zero attached hydrogens (tertiary/aromatic N) is 3. The summed E-state index contributed by atoms with van der Waals surface area (Å²) in [6.07, 6.45) is 10.6. The maximum absolute atomic E-state index is 4.77. The van der Waals surface area contributed by atoms with E-state index in [4.69, 9.17) is 5.10 Å². The van der Waals surface area contributed by atoms with Crippen LogP contribution in [0.5, 0.6) is 0 Å². The fourth-order valence-corrected chi connectivity index (χ4v) is 2.88. The maximum atomic E-state index is 4.77. The molecule has 0 saturated heterocycles. The lowest BCUT2D eigenvalue weighted by Gasteiger charge is -2.10. The molecule has 0 aromatic carbocycles. The zero-order chi connectivity index (χ0) is 10.1. The monoisotopic (exact) mass is 206 g/mol. The van der Waals surface area contributed by atoms with Crippen molar-refractivity contribution in [2.75, 3.05) is 0 Å². The molecule has 0 spiro atoms. The minimum atomic E-state index is 1.13. The van der Waals surface area contributed by atoms with E-state index in [-0.39, 0.29) is 0 Å². The van der Waals surface area contributed by atoms with Crippen LogP contribution >= 0.6 is 0 Å². The molecular formula is C12H20N3+. The largest absolute Gasteiger partial charge is 0.201 e. The fraction of sp³-hybridized carbons (Fsp3) is 0.833. The predicted octanol–water partition coefficient (Wildman–Crippen LogP) is 1.62. The number of fused-ring (bicyclic) bond motifs is 3. The second kappa shape index (κ2) is 3.95. The van der Waals surface area contributed by atoms with Gasteiger partial charge >= 0.3 is 0 Å². The van der Waals surface area contributed by atoms with Gasteiger partial charge < -0.3 is 0 Å². The van der Waals surface area contributed by atoms with Crippen LogP contribution in [0.1, 0.15) is 49.9 Å². The van der Waals surface area contributed by atoms with E-state index in [1.54, 1.807) is 5.69 Å². The minimum Gasteiger partial charge on any atom is -0.131 e. The first kappa shape index (κ1) is 9.37. The highest BCUT2D eigenvalue weighted by molar-refractivity contribution is 5.10. The minimum absolute atomic E-state index is 1.13. The number of hydrogen-bond donors (Lipinski definition) is 0. The lowest BCUT2D eigenvalue weighted by atomic mass is 10.0. The normalized spacial score (nSPS) is 21.3. The molecule has 3 heteroatoms. The van der Waals surface area contributed by atoms with Gasteiger partial charge in [-0.15, -0.1) is 4.68 Å². The lowest BCUT2D eigenvalue weighted by molar-refractivity contribution is -0.832. The van der Waals surface area contributed by atoms with Crippen LogP contribution in [0.25, 0.3) is 0 Å². The van der Waals surface area contributed by atoms with Gasteiger partial charge in [0.2, 0.25) is 6.54 Å². The molecule has 0 fully saturated rings. The zero-order valence-corrected chi connectivity index (χ0v) is 9.41. The van der Waals surface area contributed by atoms with Gasteiger partial charge in [-0.25, -0.2) is 0 Å². The van der Waals surface area contributed by atoms with E-state index in [0.717, 1.165) is 6.54 Å². The van der Waals surface area contributed by atoms with Crippen molar-refractivity contribution in [3.63, 3.8) is 0 Å². The van der Waals surface area contributed by atoms with Crippen molar-refractivity contribution in [2.24, 2.45) is 0 Å². The van der Waals surface area contributed by atoms with Gasteiger partial charge in [-0.1, -0.05) is 12.8 Å². The first-order valence-electron chi connectivity index (χ1n) is 6.44. The van der Waals surface area contributed by atoms with Crippen molar-refractivity contribution in [3.05, 3.63) is 11.4 Å². The zero-order valence-electron chi connectivity index (χ0n) is 9.41. The predicted molar refractivity (Wildman–Crippen MR) is 57.5 cm³/mol. The number of hydrogen-bond acceptors (Lipinski definition) is 1. The Balaban J connectivity index is 1.98. The van der Waals surface area contributed by atoms with Crippen LogP contribution in [0, 0.1) is 0 Å². The molecule has 1 aromatic rings. The van der Waals surface area contributed by atoms with Gasteiger partial charge in [0.15, 0.2) is 0 Å². The molecular weight excluding hydrogens is 186 g/mol. The molecule has 0 bridgehead atoms. The van der Waals surface area contributed by atoms with Gasteiger partial charge in [-0.3, -0.25) is 0 Å². The highest BCUT2D eigenvalue weighted by Crippen LogP contribution is 2.19. The average Bonchev–Trinajstić information content (AvgIpc) is 2.55. The van der Waals surface area contributed by atoms with Crippen LogP contribution in [-0.4, -0.2) is 9.78 Å².